The maximum atomic E-state index is 10.7. The van der Waals surface area contributed by atoms with Crippen LogP contribution in [0.25, 0.3) is 11.3 Å². The van der Waals surface area contributed by atoms with E-state index in [2.05, 4.69) is 24.4 Å². The minimum absolute atomic E-state index is 0.373. The van der Waals surface area contributed by atoms with Crippen LogP contribution in [0.5, 0.6) is 0 Å². The lowest BCUT2D eigenvalue weighted by Gasteiger charge is -2.22. The van der Waals surface area contributed by atoms with Crippen molar-refractivity contribution in [2.24, 2.45) is 0 Å². The van der Waals surface area contributed by atoms with Gasteiger partial charge in [0.05, 0.1) is 0 Å². The molecule has 18 heavy (non-hydrogen) atoms. The van der Waals surface area contributed by atoms with Crippen molar-refractivity contribution in [2.75, 3.05) is 11.9 Å². The molecule has 0 bridgehead atoms. The zero-order valence-electron chi connectivity index (χ0n) is 10.3. The summed E-state index contributed by atoms with van der Waals surface area (Å²) >= 11 is 0. The van der Waals surface area contributed by atoms with Crippen LogP contribution in [0.3, 0.4) is 0 Å². The molecule has 0 amide bonds. The van der Waals surface area contributed by atoms with Crippen LogP contribution in [0.4, 0.5) is 5.69 Å². The van der Waals surface area contributed by atoms with Crippen LogP contribution in [-0.2, 0) is 6.42 Å². The lowest BCUT2D eigenvalue weighted by molar-refractivity contribution is 0.110. The molecule has 1 aromatic carbocycles. The third kappa shape index (κ3) is 1.72. The maximum Gasteiger partial charge on any atom is 0.185 e. The standard InChI is InChI=1S/C15H15NO2/c1-10-4-5-11-3-2-8-16-15(11)14(10)13-7-6-12(9-17)18-13/h4-7,9,16H,2-3,8H2,1H3. The molecule has 2 heterocycles. The molecular formula is C15H15NO2. The fraction of sp³-hybridized carbons (Fsp3) is 0.267. The zero-order valence-corrected chi connectivity index (χ0v) is 10.3. The number of nitrogens with one attached hydrogen (secondary N) is 1. The van der Waals surface area contributed by atoms with Gasteiger partial charge in [-0.2, -0.15) is 0 Å². The van der Waals surface area contributed by atoms with E-state index in [9.17, 15) is 4.79 Å². The van der Waals surface area contributed by atoms with E-state index >= 15 is 0 Å². The Morgan fingerprint density at radius 1 is 1.28 bits per heavy atom. The number of carbonyl (C=O) groups is 1. The highest BCUT2D eigenvalue weighted by atomic mass is 16.3. The summed E-state index contributed by atoms with van der Waals surface area (Å²) in [6, 6.07) is 7.86. The third-order valence-corrected chi connectivity index (χ3v) is 3.41. The van der Waals surface area contributed by atoms with E-state index in [1.165, 1.54) is 5.56 Å². The summed E-state index contributed by atoms with van der Waals surface area (Å²) < 4.78 is 5.56. The molecule has 0 fully saturated rings. The Bertz CT molecular complexity index is 599. The molecule has 1 N–H and O–H groups in total. The Morgan fingerprint density at radius 3 is 2.94 bits per heavy atom. The summed E-state index contributed by atoms with van der Waals surface area (Å²) in [5.74, 6) is 1.14. The summed E-state index contributed by atoms with van der Waals surface area (Å²) in [5, 5.41) is 3.45. The summed E-state index contributed by atoms with van der Waals surface area (Å²) in [5.41, 5.74) is 4.73. The van der Waals surface area contributed by atoms with Crippen LogP contribution >= 0.6 is 0 Å². The van der Waals surface area contributed by atoms with Crippen LogP contribution in [0.15, 0.2) is 28.7 Å². The SMILES string of the molecule is Cc1ccc2c(c1-c1ccc(C=O)o1)NCCC2. The first-order valence-corrected chi connectivity index (χ1v) is 6.21. The second-order valence-electron chi connectivity index (χ2n) is 4.64. The molecule has 3 heteroatoms. The smallest absolute Gasteiger partial charge is 0.185 e. The predicted molar refractivity (Wildman–Crippen MR) is 71.1 cm³/mol. The van der Waals surface area contributed by atoms with Crippen LogP contribution < -0.4 is 5.32 Å². The molecule has 3 nitrogen and oxygen atoms in total. The van der Waals surface area contributed by atoms with E-state index in [4.69, 9.17) is 4.42 Å². The lowest BCUT2D eigenvalue weighted by atomic mass is 9.95. The van der Waals surface area contributed by atoms with Gasteiger partial charge < -0.3 is 9.73 Å². The molecule has 2 aromatic rings. The van der Waals surface area contributed by atoms with Crippen molar-refractivity contribution in [3.63, 3.8) is 0 Å². The molecule has 0 radical (unpaired) electrons. The van der Waals surface area contributed by atoms with Crippen LogP contribution in [-0.4, -0.2) is 12.8 Å². The number of fused-ring (bicyclic) bond motifs is 1. The number of furan rings is 1. The summed E-state index contributed by atoms with van der Waals surface area (Å²) in [6.07, 6.45) is 2.99. The maximum absolute atomic E-state index is 10.7. The van der Waals surface area contributed by atoms with Crippen molar-refractivity contribution >= 4 is 12.0 Å². The van der Waals surface area contributed by atoms with Crippen molar-refractivity contribution in [1.82, 2.24) is 0 Å². The first-order valence-electron chi connectivity index (χ1n) is 6.21. The van der Waals surface area contributed by atoms with Gasteiger partial charge in [-0.1, -0.05) is 12.1 Å². The lowest BCUT2D eigenvalue weighted by Crippen LogP contribution is -2.13. The molecule has 0 unspecified atom stereocenters. The number of benzene rings is 1. The highest BCUT2D eigenvalue weighted by Gasteiger charge is 2.18. The van der Waals surface area contributed by atoms with Crippen molar-refractivity contribution in [1.29, 1.82) is 0 Å². The number of aldehydes is 1. The van der Waals surface area contributed by atoms with E-state index in [1.807, 2.05) is 6.07 Å². The Balaban J connectivity index is 2.18. The molecule has 0 spiro atoms. The Morgan fingerprint density at radius 2 is 2.17 bits per heavy atom. The van der Waals surface area contributed by atoms with Gasteiger partial charge in [0.1, 0.15) is 5.76 Å². The van der Waals surface area contributed by atoms with Crippen molar-refractivity contribution in [2.45, 2.75) is 19.8 Å². The molecular weight excluding hydrogens is 226 g/mol. The number of rotatable bonds is 2. The van der Waals surface area contributed by atoms with Gasteiger partial charge in [-0.15, -0.1) is 0 Å². The first kappa shape index (κ1) is 11.1. The quantitative estimate of drug-likeness (QED) is 0.819. The van der Waals surface area contributed by atoms with Crippen molar-refractivity contribution in [3.8, 4) is 11.3 Å². The largest absolute Gasteiger partial charge is 0.453 e. The van der Waals surface area contributed by atoms with Gasteiger partial charge in [0.25, 0.3) is 0 Å². The van der Waals surface area contributed by atoms with Crippen LogP contribution in [0, 0.1) is 6.92 Å². The molecule has 92 valence electrons. The third-order valence-electron chi connectivity index (χ3n) is 3.41. The van der Waals surface area contributed by atoms with Gasteiger partial charge in [-0.05, 0) is 43.0 Å². The molecule has 3 rings (SSSR count). The monoisotopic (exact) mass is 241 g/mol. The van der Waals surface area contributed by atoms with Gasteiger partial charge in [-0.3, -0.25) is 4.79 Å². The normalized spacial score (nSPS) is 13.8. The summed E-state index contributed by atoms with van der Waals surface area (Å²) in [7, 11) is 0. The fourth-order valence-corrected chi connectivity index (χ4v) is 2.52. The molecule has 0 saturated heterocycles. The molecule has 1 aliphatic rings. The van der Waals surface area contributed by atoms with Gasteiger partial charge in [0.15, 0.2) is 12.0 Å². The van der Waals surface area contributed by atoms with Gasteiger partial charge in [0.2, 0.25) is 0 Å². The van der Waals surface area contributed by atoms with E-state index in [0.717, 1.165) is 48.2 Å². The number of hydrogen-bond acceptors (Lipinski definition) is 3. The number of carbonyl (C=O) groups excluding carboxylic acids is 1. The van der Waals surface area contributed by atoms with Gasteiger partial charge >= 0.3 is 0 Å². The molecule has 1 aromatic heterocycles. The number of hydrogen-bond donors (Lipinski definition) is 1. The summed E-state index contributed by atoms with van der Waals surface area (Å²) in [4.78, 5) is 10.7. The number of aryl methyl sites for hydroxylation is 2. The minimum atomic E-state index is 0.373. The van der Waals surface area contributed by atoms with Crippen LogP contribution in [0.1, 0.15) is 28.1 Å². The molecule has 0 saturated carbocycles. The zero-order chi connectivity index (χ0) is 12.5. The molecule has 0 aliphatic carbocycles. The minimum Gasteiger partial charge on any atom is -0.453 e. The second-order valence-corrected chi connectivity index (χ2v) is 4.64. The Labute approximate surface area is 106 Å². The van der Waals surface area contributed by atoms with Crippen molar-refractivity contribution in [3.05, 3.63) is 41.2 Å². The predicted octanol–water partition coefficient (Wildman–Crippen LogP) is 3.43. The van der Waals surface area contributed by atoms with E-state index in [-0.39, 0.29) is 0 Å². The Hall–Kier alpha value is -2.03. The second kappa shape index (κ2) is 4.33. The Kier molecular flexibility index (Phi) is 2.67. The van der Waals surface area contributed by atoms with Gasteiger partial charge in [-0.25, -0.2) is 0 Å². The average Bonchev–Trinajstić information content (AvgIpc) is 2.87. The fourth-order valence-electron chi connectivity index (χ4n) is 2.52. The molecule has 1 aliphatic heterocycles. The van der Waals surface area contributed by atoms with E-state index < -0.39 is 0 Å². The topological polar surface area (TPSA) is 42.2 Å². The van der Waals surface area contributed by atoms with E-state index in [0.29, 0.717) is 5.76 Å². The highest BCUT2D eigenvalue weighted by molar-refractivity contribution is 5.82. The van der Waals surface area contributed by atoms with E-state index in [1.54, 1.807) is 6.07 Å². The van der Waals surface area contributed by atoms with Gasteiger partial charge in [0, 0.05) is 17.8 Å². The van der Waals surface area contributed by atoms with Crippen molar-refractivity contribution < 1.29 is 9.21 Å². The summed E-state index contributed by atoms with van der Waals surface area (Å²) in [6.45, 7) is 3.06. The van der Waals surface area contributed by atoms with Crippen LogP contribution in [0.2, 0.25) is 0 Å². The molecule has 0 atom stereocenters. The highest BCUT2D eigenvalue weighted by Crippen LogP contribution is 2.37. The first-order chi connectivity index (χ1) is 8.79. The average molecular weight is 241 g/mol. The number of anilines is 1.